The Balaban J connectivity index is 2.01. The van der Waals surface area contributed by atoms with Crippen LogP contribution in [0.4, 0.5) is 5.69 Å². The number of benzene rings is 2. The highest BCUT2D eigenvalue weighted by Crippen LogP contribution is 2.18. The number of rotatable bonds is 9. The summed E-state index contributed by atoms with van der Waals surface area (Å²) in [6.07, 6.45) is 0.718. The molecule has 160 valence electrons. The van der Waals surface area contributed by atoms with Crippen LogP contribution in [-0.4, -0.2) is 41.7 Å². The van der Waals surface area contributed by atoms with Crippen molar-refractivity contribution in [3.8, 4) is 5.75 Å². The van der Waals surface area contributed by atoms with Gasteiger partial charge in [0, 0.05) is 17.3 Å². The number of amides is 2. The van der Waals surface area contributed by atoms with Gasteiger partial charge in [-0.15, -0.1) is 0 Å². The molecule has 0 aliphatic heterocycles. The van der Waals surface area contributed by atoms with E-state index in [-0.39, 0.29) is 36.8 Å². The van der Waals surface area contributed by atoms with E-state index < -0.39 is 0 Å². The van der Waals surface area contributed by atoms with E-state index in [0.717, 1.165) is 23.2 Å². The topological polar surface area (TPSA) is 75.7 Å². The Labute approximate surface area is 178 Å². The summed E-state index contributed by atoms with van der Waals surface area (Å²) in [6, 6.07) is 12.3. The second-order valence-electron chi connectivity index (χ2n) is 7.44. The summed E-state index contributed by atoms with van der Waals surface area (Å²) >= 11 is 0. The van der Waals surface area contributed by atoms with Crippen molar-refractivity contribution in [3.63, 3.8) is 0 Å². The number of anilines is 1. The van der Waals surface area contributed by atoms with Crippen molar-refractivity contribution in [3.05, 3.63) is 59.2 Å². The molecule has 0 radical (unpaired) electrons. The molecule has 1 atom stereocenters. The molecule has 2 aromatic carbocycles. The fourth-order valence-corrected chi connectivity index (χ4v) is 2.96. The first-order valence-corrected chi connectivity index (χ1v) is 10.1. The van der Waals surface area contributed by atoms with Gasteiger partial charge in [-0.05, 0) is 75.6 Å². The molecule has 2 rings (SSSR count). The third-order valence-electron chi connectivity index (χ3n) is 5.26. The minimum absolute atomic E-state index is 0.0320. The fraction of sp³-hybridized carbons (Fsp3) is 0.375. The van der Waals surface area contributed by atoms with E-state index in [0.29, 0.717) is 11.3 Å². The van der Waals surface area contributed by atoms with Crippen LogP contribution < -0.4 is 10.1 Å². The first-order valence-electron chi connectivity index (χ1n) is 10.1. The second kappa shape index (κ2) is 10.6. The van der Waals surface area contributed by atoms with Crippen molar-refractivity contribution in [2.45, 2.75) is 47.1 Å². The zero-order chi connectivity index (χ0) is 22.3. The minimum atomic E-state index is -0.267. The lowest BCUT2D eigenvalue weighted by Crippen LogP contribution is -2.45. The fourth-order valence-electron chi connectivity index (χ4n) is 2.96. The van der Waals surface area contributed by atoms with Crippen LogP contribution >= 0.6 is 0 Å². The highest BCUT2D eigenvalue weighted by atomic mass is 16.5. The van der Waals surface area contributed by atoms with Gasteiger partial charge in [0.1, 0.15) is 12.3 Å². The first-order chi connectivity index (χ1) is 14.2. The predicted octanol–water partition coefficient (Wildman–Crippen LogP) is 4.15. The Morgan fingerprint density at radius 3 is 2.33 bits per heavy atom. The number of Topliss-reactive ketones (excluding diaryl/α,β-unsaturated/α-hetero) is 1. The van der Waals surface area contributed by atoms with Crippen molar-refractivity contribution in [1.29, 1.82) is 0 Å². The molecule has 0 aromatic heterocycles. The number of hydrogen-bond donors (Lipinski definition) is 1. The van der Waals surface area contributed by atoms with E-state index >= 15 is 0 Å². The summed E-state index contributed by atoms with van der Waals surface area (Å²) in [6.45, 7) is 9.08. The van der Waals surface area contributed by atoms with Crippen molar-refractivity contribution in [2.75, 3.05) is 18.5 Å². The van der Waals surface area contributed by atoms with Crippen LogP contribution in [0, 0.1) is 13.8 Å². The lowest BCUT2D eigenvalue weighted by molar-refractivity contribution is -0.138. The smallest absolute Gasteiger partial charge is 0.261 e. The highest BCUT2D eigenvalue weighted by Gasteiger charge is 2.22. The largest absolute Gasteiger partial charge is 0.484 e. The minimum Gasteiger partial charge on any atom is -0.484 e. The van der Waals surface area contributed by atoms with Gasteiger partial charge in [-0.3, -0.25) is 14.4 Å². The van der Waals surface area contributed by atoms with Crippen LogP contribution in [0.2, 0.25) is 0 Å². The SMILES string of the molecule is CC[C@H](C)N(CC(=O)Nc1cccc(C)c1C)C(=O)COc1ccc(C(C)=O)cc1. The summed E-state index contributed by atoms with van der Waals surface area (Å²) < 4.78 is 5.58. The lowest BCUT2D eigenvalue weighted by atomic mass is 10.1. The van der Waals surface area contributed by atoms with E-state index in [1.807, 2.05) is 45.9 Å². The molecule has 0 aliphatic rings. The molecule has 0 fully saturated rings. The molecule has 0 unspecified atom stereocenters. The van der Waals surface area contributed by atoms with E-state index in [4.69, 9.17) is 4.74 Å². The van der Waals surface area contributed by atoms with Gasteiger partial charge < -0.3 is 15.0 Å². The van der Waals surface area contributed by atoms with E-state index in [1.54, 1.807) is 24.3 Å². The molecule has 0 bridgehead atoms. The van der Waals surface area contributed by atoms with Crippen LogP contribution in [-0.2, 0) is 9.59 Å². The van der Waals surface area contributed by atoms with Crippen molar-refractivity contribution in [2.24, 2.45) is 0 Å². The van der Waals surface area contributed by atoms with Crippen LogP contribution in [0.15, 0.2) is 42.5 Å². The number of carbonyl (C=O) groups is 3. The molecule has 0 heterocycles. The third-order valence-corrected chi connectivity index (χ3v) is 5.26. The van der Waals surface area contributed by atoms with Crippen molar-refractivity contribution < 1.29 is 19.1 Å². The average molecular weight is 411 g/mol. The third kappa shape index (κ3) is 6.17. The summed E-state index contributed by atoms with van der Waals surface area (Å²) in [7, 11) is 0. The van der Waals surface area contributed by atoms with Gasteiger partial charge >= 0.3 is 0 Å². The maximum absolute atomic E-state index is 12.8. The van der Waals surface area contributed by atoms with Crippen LogP contribution in [0.1, 0.15) is 48.7 Å². The van der Waals surface area contributed by atoms with E-state index in [9.17, 15) is 14.4 Å². The molecular weight excluding hydrogens is 380 g/mol. The Morgan fingerprint density at radius 2 is 1.73 bits per heavy atom. The maximum Gasteiger partial charge on any atom is 0.261 e. The molecule has 0 spiro atoms. The Bertz CT molecular complexity index is 906. The monoisotopic (exact) mass is 410 g/mol. The van der Waals surface area contributed by atoms with Crippen molar-refractivity contribution in [1.82, 2.24) is 4.90 Å². The predicted molar refractivity (Wildman–Crippen MR) is 118 cm³/mol. The molecule has 2 aromatic rings. The van der Waals surface area contributed by atoms with Crippen molar-refractivity contribution >= 4 is 23.3 Å². The van der Waals surface area contributed by atoms with Gasteiger partial charge in [0.05, 0.1) is 0 Å². The standard InChI is InChI=1S/C24H30N2O4/c1-6-17(3)26(14-23(28)25-22-9-7-8-16(2)18(22)4)24(29)15-30-21-12-10-20(11-13-21)19(5)27/h7-13,17H,6,14-15H2,1-5H3,(H,25,28)/t17-/m0/s1. The lowest BCUT2D eigenvalue weighted by Gasteiger charge is -2.28. The van der Waals surface area contributed by atoms with E-state index in [2.05, 4.69) is 5.32 Å². The maximum atomic E-state index is 12.8. The zero-order valence-corrected chi connectivity index (χ0v) is 18.3. The van der Waals surface area contributed by atoms with Crippen LogP contribution in [0.25, 0.3) is 0 Å². The number of hydrogen-bond acceptors (Lipinski definition) is 4. The molecule has 6 nitrogen and oxygen atoms in total. The normalized spacial score (nSPS) is 11.5. The number of nitrogens with one attached hydrogen (secondary N) is 1. The number of carbonyl (C=O) groups excluding carboxylic acids is 3. The van der Waals surface area contributed by atoms with Gasteiger partial charge in [-0.25, -0.2) is 0 Å². The number of aryl methyl sites for hydroxylation is 1. The van der Waals surface area contributed by atoms with Crippen LogP contribution in [0.3, 0.4) is 0 Å². The zero-order valence-electron chi connectivity index (χ0n) is 18.3. The number of ketones is 1. The molecule has 0 saturated heterocycles. The first kappa shape index (κ1) is 23.1. The molecule has 1 N–H and O–H groups in total. The average Bonchev–Trinajstić information content (AvgIpc) is 2.73. The molecule has 30 heavy (non-hydrogen) atoms. The van der Waals surface area contributed by atoms with Gasteiger partial charge in [0.15, 0.2) is 12.4 Å². The number of nitrogens with zero attached hydrogens (tertiary/aromatic N) is 1. The van der Waals surface area contributed by atoms with Gasteiger partial charge in [0.25, 0.3) is 5.91 Å². The molecule has 6 heteroatoms. The molecular formula is C24H30N2O4. The van der Waals surface area contributed by atoms with Crippen LogP contribution in [0.5, 0.6) is 5.75 Å². The summed E-state index contributed by atoms with van der Waals surface area (Å²) in [4.78, 5) is 38.3. The number of ether oxygens (including phenoxy) is 1. The van der Waals surface area contributed by atoms with Gasteiger partial charge in [-0.1, -0.05) is 19.1 Å². The quantitative estimate of drug-likeness (QED) is 0.630. The summed E-state index contributed by atoms with van der Waals surface area (Å²) in [5.74, 6) is -0.0491. The summed E-state index contributed by atoms with van der Waals surface area (Å²) in [5.41, 5.74) is 3.42. The summed E-state index contributed by atoms with van der Waals surface area (Å²) in [5, 5.41) is 2.90. The Kier molecular flexibility index (Phi) is 8.16. The molecule has 0 aliphatic carbocycles. The second-order valence-corrected chi connectivity index (χ2v) is 7.44. The van der Waals surface area contributed by atoms with E-state index in [1.165, 1.54) is 11.8 Å². The molecule has 2 amide bonds. The Hall–Kier alpha value is -3.15. The molecule has 0 saturated carbocycles. The Morgan fingerprint density at radius 1 is 1.07 bits per heavy atom. The van der Waals surface area contributed by atoms with Gasteiger partial charge in [-0.2, -0.15) is 0 Å². The van der Waals surface area contributed by atoms with Gasteiger partial charge in [0.2, 0.25) is 5.91 Å². The highest BCUT2D eigenvalue weighted by molar-refractivity contribution is 5.95.